The van der Waals surface area contributed by atoms with Crippen LogP contribution < -0.4 is 0 Å². The van der Waals surface area contributed by atoms with Gasteiger partial charge in [0, 0.05) is 10.9 Å². The van der Waals surface area contributed by atoms with Crippen LogP contribution in [0.15, 0.2) is 29.6 Å². The van der Waals surface area contributed by atoms with Gasteiger partial charge in [-0.15, -0.1) is 11.3 Å². The lowest BCUT2D eigenvalue weighted by atomic mass is 10.1. The van der Waals surface area contributed by atoms with Gasteiger partial charge in [0.05, 0.1) is 12.3 Å². The molecule has 0 aliphatic rings. The summed E-state index contributed by atoms with van der Waals surface area (Å²) in [6, 6.07) is 8.50. The minimum Gasteiger partial charge on any atom is -0.389 e. The summed E-state index contributed by atoms with van der Waals surface area (Å²) in [7, 11) is 0. The molecule has 0 atom stereocenters. The van der Waals surface area contributed by atoms with Crippen molar-refractivity contribution >= 4 is 11.3 Å². The Hall–Kier alpha value is -1.19. The number of rotatable bonds is 4. The minimum absolute atomic E-state index is 0.0264. The highest BCUT2D eigenvalue weighted by molar-refractivity contribution is 7.09. The van der Waals surface area contributed by atoms with Gasteiger partial charge in [0.1, 0.15) is 5.01 Å². The van der Waals surface area contributed by atoms with E-state index < -0.39 is 0 Å². The summed E-state index contributed by atoms with van der Waals surface area (Å²) in [6.45, 7) is 2.21. The summed E-state index contributed by atoms with van der Waals surface area (Å²) < 4.78 is 0. The number of thiazole rings is 1. The van der Waals surface area contributed by atoms with E-state index in [1.165, 1.54) is 23.3 Å². The molecule has 0 amide bonds. The van der Waals surface area contributed by atoms with Gasteiger partial charge in [0.15, 0.2) is 0 Å². The van der Waals surface area contributed by atoms with Crippen LogP contribution in [0.3, 0.4) is 0 Å². The first-order valence-corrected chi connectivity index (χ1v) is 6.36. The number of nitrogens with zero attached hydrogens (tertiary/aromatic N) is 1. The fourth-order valence-electron chi connectivity index (χ4n) is 1.65. The number of aryl methyl sites for hydroxylation is 1. The van der Waals surface area contributed by atoms with Gasteiger partial charge in [-0.25, -0.2) is 4.98 Å². The van der Waals surface area contributed by atoms with E-state index >= 15 is 0 Å². The van der Waals surface area contributed by atoms with Gasteiger partial charge >= 0.3 is 0 Å². The lowest BCUT2D eigenvalue weighted by Crippen LogP contribution is -1.85. The monoisotopic (exact) mass is 233 g/mol. The first-order chi connectivity index (χ1) is 7.83. The van der Waals surface area contributed by atoms with Gasteiger partial charge < -0.3 is 5.11 Å². The van der Waals surface area contributed by atoms with E-state index in [2.05, 4.69) is 36.2 Å². The van der Waals surface area contributed by atoms with Gasteiger partial charge in [0.25, 0.3) is 0 Å². The molecule has 0 bridgehead atoms. The van der Waals surface area contributed by atoms with Gasteiger partial charge in [-0.2, -0.15) is 0 Å². The van der Waals surface area contributed by atoms with Crippen LogP contribution in [0, 0.1) is 0 Å². The lowest BCUT2D eigenvalue weighted by Gasteiger charge is -2.00. The number of hydrogen-bond donors (Lipinski definition) is 1. The van der Waals surface area contributed by atoms with E-state index in [1.807, 2.05) is 5.38 Å². The summed E-state index contributed by atoms with van der Waals surface area (Å²) in [4.78, 5) is 4.34. The Morgan fingerprint density at radius 1 is 1.25 bits per heavy atom. The zero-order chi connectivity index (χ0) is 11.4. The molecule has 2 rings (SSSR count). The third kappa shape index (κ3) is 2.49. The molecule has 1 aromatic carbocycles. The molecule has 0 fully saturated rings. The smallest absolute Gasteiger partial charge is 0.119 e. The van der Waals surface area contributed by atoms with Crippen molar-refractivity contribution in [2.75, 3.05) is 0 Å². The Balaban J connectivity index is 2.20. The molecule has 84 valence electrons. The highest BCUT2D eigenvalue weighted by Gasteiger charge is 2.03. The van der Waals surface area contributed by atoms with Crippen molar-refractivity contribution in [2.24, 2.45) is 0 Å². The van der Waals surface area contributed by atoms with Crippen LogP contribution in [-0.2, 0) is 13.0 Å². The predicted molar refractivity (Wildman–Crippen MR) is 67.5 cm³/mol. The van der Waals surface area contributed by atoms with Gasteiger partial charge in [-0.05, 0) is 12.0 Å². The second-order valence-corrected chi connectivity index (χ2v) is 4.67. The second kappa shape index (κ2) is 5.23. The van der Waals surface area contributed by atoms with Crippen molar-refractivity contribution < 1.29 is 5.11 Å². The molecule has 0 saturated carbocycles. The maximum absolute atomic E-state index is 8.96. The third-order valence-electron chi connectivity index (χ3n) is 2.48. The molecule has 0 aliphatic carbocycles. The maximum Gasteiger partial charge on any atom is 0.119 e. The summed E-state index contributed by atoms with van der Waals surface area (Å²) in [5.41, 5.74) is 3.44. The zero-order valence-corrected chi connectivity index (χ0v) is 10.1. The molecule has 2 aromatic rings. The molecule has 1 heterocycles. The molecule has 1 N–H and O–H groups in total. The molecule has 0 unspecified atom stereocenters. The normalized spacial score (nSPS) is 10.6. The average molecular weight is 233 g/mol. The Bertz CT molecular complexity index is 447. The standard InChI is InChI=1S/C13H15NOS/c1-2-3-10-4-6-11(7-5-10)12-9-16-13(8-15)14-12/h4-7,9,15H,2-3,8H2,1H3. The first kappa shape index (κ1) is 11.3. The fourth-order valence-corrected chi connectivity index (χ4v) is 2.31. The second-order valence-electron chi connectivity index (χ2n) is 3.73. The Kier molecular flexibility index (Phi) is 3.70. The lowest BCUT2D eigenvalue weighted by molar-refractivity contribution is 0.281. The van der Waals surface area contributed by atoms with Crippen LogP contribution in [0.25, 0.3) is 11.3 Å². The minimum atomic E-state index is 0.0264. The van der Waals surface area contributed by atoms with Gasteiger partial charge in [-0.1, -0.05) is 37.6 Å². The van der Waals surface area contributed by atoms with E-state index in [0.29, 0.717) is 0 Å². The molecule has 0 spiro atoms. The molecule has 2 nitrogen and oxygen atoms in total. The predicted octanol–water partition coefficient (Wildman–Crippen LogP) is 3.25. The summed E-state index contributed by atoms with van der Waals surface area (Å²) >= 11 is 1.50. The van der Waals surface area contributed by atoms with Gasteiger partial charge in [0.2, 0.25) is 0 Å². The zero-order valence-electron chi connectivity index (χ0n) is 9.31. The highest BCUT2D eigenvalue weighted by Crippen LogP contribution is 2.22. The molecule has 1 aromatic heterocycles. The van der Waals surface area contributed by atoms with Crippen molar-refractivity contribution in [3.63, 3.8) is 0 Å². The van der Waals surface area contributed by atoms with Crippen LogP contribution in [0.2, 0.25) is 0 Å². The van der Waals surface area contributed by atoms with E-state index in [9.17, 15) is 0 Å². The molecule has 0 aliphatic heterocycles. The van der Waals surface area contributed by atoms with Crippen molar-refractivity contribution in [1.82, 2.24) is 4.98 Å². The van der Waals surface area contributed by atoms with Gasteiger partial charge in [-0.3, -0.25) is 0 Å². The number of benzene rings is 1. The Morgan fingerprint density at radius 3 is 2.56 bits per heavy atom. The van der Waals surface area contributed by atoms with E-state index in [1.54, 1.807) is 0 Å². The first-order valence-electron chi connectivity index (χ1n) is 5.48. The highest BCUT2D eigenvalue weighted by atomic mass is 32.1. The quantitative estimate of drug-likeness (QED) is 0.879. The summed E-state index contributed by atoms with van der Waals surface area (Å²) in [5, 5.41) is 11.7. The van der Waals surface area contributed by atoms with Crippen molar-refractivity contribution in [3.05, 3.63) is 40.2 Å². The Labute approximate surface area is 99.6 Å². The van der Waals surface area contributed by atoms with Crippen LogP contribution in [0.4, 0.5) is 0 Å². The number of aliphatic hydroxyl groups is 1. The third-order valence-corrected chi connectivity index (χ3v) is 3.31. The molecule has 0 saturated heterocycles. The summed E-state index contributed by atoms with van der Waals surface area (Å²) in [5.74, 6) is 0. The van der Waals surface area contributed by atoms with E-state index in [-0.39, 0.29) is 6.61 Å². The largest absolute Gasteiger partial charge is 0.389 e. The summed E-state index contributed by atoms with van der Waals surface area (Å²) in [6.07, 6.45) is 2.30. The van der Waals surface area contributed by atoms with E-state index in [4.69, 9.17) is 5.11 Å². The molecular weight excluding hydrogens is 218 g/mol. The number of hydrogen-bond acceptors (Lipinski definition) is 3. The Morgan fingerprint density at radius 2 is 2.00 bits per heavy atom. The maximum atomic E-state index is 8.96. The molecular formula is C13H15NOS. The molecule has 3 heteroatoms. The van der Waals surface area contributed by atoms with Crippen LogP contribution in [-0.4, -0.2) is 10.1 Å². The van der Waals surface area contributed by atoms with Crippen molar-refractivity contribution in [3.8, 4) is 11.3 Å². The average Bonchev–Trinajstić information content (AvgIpc) is 2.79. The SMILES string of the molecule is CCCc1ccc(-c2csc(CO)n2)cc1. The topological polar surface area (TPSA) is 33.1 Å². The fraction of sp³-hybridized carbons (Fsp3) is 0.308. The molecule has 16 heavy (non-hydrogen) atoms. The van der Waals surface area contributed by atoms with Crippen LogP contribution >= 0.6 is 11.3 Å². The van der Waals surface area contributed by atoms with Crippen LogP contribution in [0.1, 0.15) is 23.9 Å². The number of aromatic nitrogens is 1. The van der Waals surface area contributed by atoms with Crippen molar-refractivity contribution in [2.45, 2.75) is 26.4 Å². The molecule has 0 radical (unpaired) electrons. The number of aliphatic hydroxyl groups excluding tert-OH is 1. The van der Waals surface area contributed by atoms with Crippen molar-refractivity contribution in [1.29, 1.82) is 0 Å². The van der Waals surface area contributed by atoms with Crippen LogP contribution in [0.5, 0.6) is 0 Å². The van der Waals surface area contributed by atoms with E-state index in [0.717, 1.165) is 22.7 Å².